The van der Waals surface area contributed by atoms with Crippen molar-refractivity contribution in [2.45, 2.75) is 0 Å². The van der Waals surface area contributed by atoms with Gasteiger partial charge in [0, 0.05) is 53.0 Å². The van der Waals surface area contributed by atoms with Gasteiger partial charge in [-0.3, -0.25) is 4.57 Å². The molecule has 11 aromatic rings. The Kier molecular flexibility index (Phi) is 6.05. The SMILES string of the molecule is c1cc(-c2ncnc(-n3c4ccccc4c4cc(-n5c6ccccc6c6ccccc65)ccc43)n2)cc(-c2cccc3c2sc2ccccc23)c1. The molecule has 0 aliphatic heterocycles. The Balaban J connectivity index is 1.06. The standard InChI is InChI=1S/C45H27N5S/c1-5-19-38-32(13-1)33-14-2-6-20-39(33)49(38)30-23-24-41-37(26-30)34-15-3-7-21-40(34)50(41)45-47-27-46-44(48-45)29-12-9-11-28(25-29)31-17-10-18-36-35-16-4-8-22-42(35)51-43(31)36/h1-27H. The quantitative estimate of drug-likeness (QED) is 0.187. The van der Waals surface area contributed by atoms with E-state index in [1.807, 2.05) is 11.3 Å². The number of hydrogen-bond donors (Lipinski definition) is 0. The largest absolute Gasteiger partial charge is 0.309 e. The van der Waals surface area contributed by atoms with Crippen molar-refractivity contribution in [2.75, 3.05) is 0 Å². The molecule has 238 valence electrons. The smallest absolute Gasteiger partial charge is 0.238 e. The van der Waals surface area contributed by atoms with E-state index in [9.17, 15) is 0 Å². The fourth-order valence-electron chi connectivity index (χ4n) is 7.85. The molecule has 51 heavy (non-hydrogen) atoms. The number of rotatable bonds is 4. The number of hydrogen-bond acceptors (Lipinski definition) is 4. The first-order chi connectivity index (χ1) is 25.3. The van der Waals surface area contributed by atoms with Crippen LogP contribution >= 0.6 is 11.3 Å². The lowest BCUT2D eigenvalue weighted by molar-refractivity contribution is 0.946. The Hall–Kier alpha value is -6.63. The highest BCUT2D eigenvalue weighted by Crippen LogP contribution is 2.41. The lowest BCUT2D eigenvalue weighted by Crippen LogP contribution is -2.03. The highest BCUT2D eigenvalue weighted by Gasteiger charge is 2.18. The Morgan fingerprint density at radius 3 is 1.82 bits per heavy atom. The van der Waals surface area contributed by atoms with Gasteiger partial charge < -0.3 is 4.57 Å². The minimum Gasteiger partial charge on any atom is -0.309 e. The highest BCUT2D eigenvalue weighted by molar-refractivity contribution is 7.26. The van der Waals surface area contributed by atoms with Crippen molar-refractivity contribution in [3.8, 4) is 34.2 Å². The highest BCUT2D eigenvalue weighted by atomic mass is 32.1. The zero-order valence-electron chi connectivity index (χ0n) is 27.2. The number of benzene rings is 7. The maximum atomic E-state index is 5.11. The molecule has 7 aromatic carbocycles. The second-order valence-corrected chi connectivity index (χ2v) is 13.9. The third-order valence-corrected chi connectivity index (χ3v) is 11.3. The second kappa shape index (κ2) is 10.9. The number of nitrogens with zero attached hydrogens (tertiary/aromatic N) is 5. The molecule has 0 fully saturated rings. The molecule has 0 spiro atoms. The number of para-hydroxylation sites is 3. The third kappa shape index (κ3) is 4.24. The van der Waals surface area contributed by atoms with Crippen molar-refractivity contribution in [3.05, 3.63) is 164 Å². The predicted molar refractivity (Wildman–Crippen MR) is 212 cm³/mol. The molecule has 0 N–H and O–H groups in total. The van der Waals surface area contributed by atoms with Gasteiger partial charge in [0.1, 0.15) is 6.33 Å². The van der Waals surface area contributed by atoms with Crippen LogP contribution in [0.3, 0.4) is 0 Å². The Labute approximate surface area is 296 Å². The van der Waals surface area contributed by atoms with E-state index < -0.39 is 0 Å². The molecule has 4 heterocycles. The molecule has 11 rings (SSSR count). The van der Waals surface area contributed by atoms with Crippen LogP contribution in [0.5, 0.6) is 0 Å². The Morgan fingerprint density at radius 2 is 1.04 bits per heavy atom. The summed E-state index contributed by atoms with van der Waals surface area (Å²) < 4.78 is 7.11. The first-order valence-corrected chi connectivity index (χ1v) is 17.8. The normalized spacial score (nSPS) is 11.9. The molecule has 6 heteroatoms. The summed E-state index contributed by atoms with van der Waals surface area (Å²) >= 11 is 1.84. The van der Waals surface area contributed by atoms with Crippen molar-refractivity contribution in [1.82, 2.24) is 24.1 Å². The van der Waals surface area contributed by atoms with Gasteiger partial charge in [0.15, 0.2) is 5.82 Å². The van der Waals surface area contributed by atoms with Gasteiger partial charge in [-0.1, -0.05) is 109 Å². The van der Waals surface area contributed by atoms with E-state index in [1.54, 1.807) is 6.33 Å². The summed E-state index contributed by atoms with van der Waals surface area (Å²) in [5.41, 5.74) is 8.89. The summed E-state index contributed by atoms with van der Waals surface area (Å²) in [5.74, 6) is 1.23. The van der Waals surface area contributed by atoms with E-state index >= 15 is 0 Å². The first-order valence-electron chi connectivity index (χ1n) is 17.0. The monoisotopic (exact) mass is 669 g/mol. The Bertz CT molecular complexity index is 3110. The summed E-state index contributed by atoms with van der Waals surface area (Å²) in [6.07, 6.45) is 1.63. The summed E-state index contributed by atoms with van der Waals surface area (Å²) in [4.78, 5) is 14.5. The fourth-order valence-corrected chi connectivity index (χ4v) is 9.09. The molecule has 0 unspecified atom stereocenters. The van der Waals surface area contributed by atoms with Crippen LogP contribution < -0.4 is 0 Å². The molecular weight excluding hydrogens is 643 g/mol. The molecule has 0 saturated heterocycles. The Morgan fingerprint density at radius 1 is 0.431 bits per heavy atom. The fraction of sp³-hybridized carbons (Fsp3) is 0. The van der Waals surface area contributed by atoms with Crippen LogP contribution in [-0.2, 0) is 0 Å². The van der Waals surface area contributed by atoms with Crippen LogP contribution in [0.15, 0.2) is 164 Å². The van der Waals surface area contributed by atoms with Crippen molar-refractivity contribution >= 4 is 75.1 Å². The molecule has 0 bridgehead atoms. The van der Waals surface area contributed by atoms with Crippen LogP contribution in [0.1, 0.15) is 0 Å². The van der Waals surface area contributed by atoms with E-state index in [0.717, 1.165) is 38.6 Å². The van der Waals surface area contributed by atoms with Crippen molar-refractivity contribution in [2.24, 2.45) is 0 Å². The van der Waals surface area contributed by atoms with Gasteiger partial charge in [0.05, 0.1) is 22.1 Å². The molecular formula is C45H27N5S. The van der Waals surface area contributed by atoms with Crippen LogP contribution in [0.2, 0.25) is 0 Å². The van der Waals surface area contributed by atoms with Crippen molar-refractivity contribution in [3.63, 3.8) is 0 Å². The first kappa shape index (κ1) is 28.2. The zero-order valence-corrected chi connectivity index (χ0v) is 28.0. The van der Waals surface area contributed by atoms with E-state index in [2.05, 4.69) is 172 Å². The zero-order chi connectivity index (χ0) is 33.5. The third-order valence-electron chi connectivity index (χ3n) is 10.1. The van der Waals surface area contributed by atoms with E-state index in [-0.39, 0.29) is 0 Å². The van der Waals surface area contributed by atoms with Gasteiger partial charge in [-0.15, -0.1) is 11.3 Å². The molecule has 0 radical (unpaired) electrons. The number of fused-ring (bicyclic) bond motifs is 9. The predicted octanol–water partition coefficient (Wildman–Crippen LogP) is 11.8. The molecule has 0 aliphatic rings. The molecule has 0 amide bonds. The summed E-state index contributed by atoms with van der Waals surface area (Å²) in [5, 5.41) is 7.37. The van der Waals surface area contributed by atoms with Crippen LogP contribution in [0.4, 0.5) is 0 Å². The lowest BCUT2D eigenvalue weighted by Gasteiger charge is -2.10. The van der Waals surface area contributed by atoms with Crippen LogP contribution in [0.25, 0.3) is 97.9 Å². The summed E-state index contributed by atoms with van der Waals surface area (Å²) in [7, 11) is 0. The van der Waals surface area contributed by atoms with E-state index in [0.29, 0.717) is 11.8 Å². The second-order valence-electron chi connectivity index (χ2n) is 12.9. The summed E-state index contributed by atoms with van der Waals surface area (Å²) in [6.45, 7) is 0. The van der Waals surface area contributed by atoms with E-state index in [4.69, 9.17) is 9.97 Å². The van der Waals surface area contributed by atoms with Gasteiger partial charge in [0.25, 0.3) is 0 Å². The minimum absolute atomic E-state index is 0.591. The maximum absolute atomic E-state index is 5.11. The molecule has 4 aromatic heterocycles. The van der Waals surface area contributed by atoms with E-state index in [1.165, 1.54) is 47.5 Å². The number of aromatic nitrogens is 5. The van der Waals surface area contributed by atoms with Gasteiger partial charge in [-0.25, -0.2) is 9.97 Å². The van der Waals surface area contributed by atoms with Gasteiger partial charge >= 0.3 is 0 Å². The average molecular weight is 670 g/mol. The molecule has 0 atom stereocenters. The van der Waals surface area contributed by atoms with Gasteiger partial charge in [-0.05, 0) is 59.7 Å². The van der Waals surface area contributed by atoms with Crippen LogP contribution in [-0.4, -0.2) is 24.1 Å². The maximum Gasteiger partial charge on any atom is 0.238 e. The lowest BCUT2D eigenvalue weighted by atomic mass is 10.0. The average Bonchev–Trinajstić information content (AvgIpc) is 3.86. The van der Waals surface area contributed by atoms with Crippen LogP contribution in [0, 0.1) is 0 Å². The molecule has 0 saturated carbocycles. The topological polar surface area (TPSA) is 48.5 Å². The number of thiophene rings is 1. The van der Waals surface area contributed by atoms with Gasteiger partial charge in [0.2, 0.25) is 5.95 Å². The van der Waals surface area contributed by atoms with Crippen molar-refractivity contribution in [1.29, 1.82) is 0 Å². The minimum atomic E-state index is 0.591. The van der Waals surface area contributed by atoms with Crippen molar-refractivity contribution < 1.29 is 0 Å². The summed E-state index contributed by atoms with van der Waals surface area (Å²) in [6, 6.07) is 56.2. The van der Waals surface area contributed by atoms with Gasteiger partial charge in [-0.2, -0.15) is 4.98 Å². The molecule has 0 aliphatic carbocycles. The molecule has 5 nitrogen and oxygen atoms in total.